The zero-order chi connectivity index (χ0) is 12.3. The van der Waals surface area contributed by atoms with Gasteiger partial charge >= 0.3 is 0 Å². The van der Waals surface area contributed by atoms with Crippen LogP contribution in [0.5, 0.6) is 0 Å². The number of aryl methyl sites for hydroxylation is 1. The van der Waals surface area contributed by atoms with Crippen LogP contribution in [-0.2, 0) is 6.61 Å². The minimum atomic E-state index is -0.221. The van der Waals surface area contributed by atoms with Gasteiger partial charge in [-0.1, -0.05) is 17.8 Å². The summed E-state index contributed by atoms with van der Waals surface area (Å²) >= 11 is 1.58. The Labute approximate surface area is 104 Å². The van der Waals surface area contributed by atoms with Crippen molar-refractivity contribution in [1.29, 1.82) is 0 Å². The summed E-state index contributed by atoms with van der Waals surface area (Å²) in [5, 5.41) is 9.08. The lowest BCUT2D eigenvalue weighted by atomic mass is 10.1. The molecule has 0 aliphatic carbocycles. The second-order valence-corrected chi connectivity index (χ2v) is 4.95. The van der Waals surface area contributed by atoms with Gasteiger partial charge in [0.05, 0.1) is 6.61 Å². The molecule has 0 heterocycles. The van der Waals surface area contributed by atoms with Crippen molar-refractivity contribution in [3.05, 3.63) is 59.4 Å². The molecule has 0 bridgehead atoms. The molecule has 0 saturated carbocycles. The fourth-order valence-electron chi connectivity index (χ4n) is 1.55. The Morgan fingerprint density at radius 1 is 1.06 bits per heavy atom. The van der Waals surface area contributed by atoms with E-state index in [1.54, 1.807) is 23.9 Å². The van der Waals surface area contributed by atoms with Crippen LogP contribution in [-0.4, -0.2) is 5.11 Å². The summed E-state index contributed by atoms with van der Waals surface area (Å²) in [5.41, 5.74) is 2.01. The average molecular weight is 248 g/mol. The molecule has 0 fully saturated rings. The summed E-state index contributed by atoms with van der Waals surface area (Å²) < 4.78 is 12.8. The van der Waals surface area contributed by atoms with Gasteiger partial charge in [0, 0.05) is 9.79 Å². The molecule has 0 amide bonds. The number of rotatable bonds is 3. The average Bonchev–Trinajstić information content (AvgIpc) is 2.32. The topological polar surface area (TPSA) is 20.2 Å². The molecule has 1 nitrogen and oxygen atoms in total. The number of halogens is 1. The first-order valence-electron chi connectivity index (χ1n) is 5.33. The maximum Gasteiger partial charge on any atom is 0.123 e. The van der Waals surface area contributed by atoms with Gasteiger partial charge in [0.2, 0.25) is 0 Å². The van der Waals surface area contributed by atoms with Gasteiger partial charge in [-0.15, -0.1) is 0 Å². The van der Waals surface area contributed by atoms with E-state index in [1.165, 1.54) is 12.1 Å². The van der Waals surface area contributed by atoms with Crippen molar-refractivity contribution in [2.45, 2.75) is 23.3 Å². The summed E-state index contributed by atoms with van der Waals surface area (Å²) in [4.78, 5) is 2.09. The Hall–Kier alpha value is -1.32. The molecule has 88 valence electrons. The maximum atomic E-state index is 12.8. The molecule has 0 aliphatic rings. The lowest BCUT2D eigenvalue weighted by Crippen LogP contribution is -1.88. The molecule has 3 heteroatoms. The third-order valence-electron chi connectivity index (χ3n) is 2.53. The van der Waals surface area contributed by atoms with Crippen LogP contribution < -0.4 is 0 Å². The molecule has 2 aromatic carbocycles. The third-order valence-corrected chi connectivity index (χ3v) is 3.53. The predicted octanol–water partition coefficient (Wildman–Crippen LogP) is 3.78. The fraction of sp³-hybridized carbons (Fsp3) is 0.143. The minimum absolute atomic E-state index is 0.0628. The molecule has 0 aromatic heterocycles. The monoisotopic (exact) mass is 248 g/mol. The molecule has 2 rings (SSSR count). The SMILES string of the molecule is Cc1cc(Sc2ccc(F)cc2)ccc1CO. The molecule has 0 atom stereocenters. The first-order chi connectivity index (χ1) is 8.19. The highest BCUT2D eigenvalue weighted by atomic mass is 32.2. The van der Waals surface area contributed by atoms with Gasteiger partial charge in [0.15, 0.2) is 0 Å². The van der Waals surface area contributed by atoms with E-state index < -0.39 is 0 Å². The van der Waals surface area contributed by atoms with E-state index in [0.29, 0.717) is 0 Å². The maximum absolute atomic E-state index is 12.8. The molecule has 1 N–H and O–H groups in total. The van der Waals surface area contributed by atoms with Crippen molar-refractivity contribution in [3.8, 4) is 0 Å². The highest BCUT2D eigenvalue weighted by Crippen LogP contribution is 2.29. The van der Waals surface area contributed by atoms with Crippen LogP contribution in [0.25, 0.3) is 0 Å². The first-order valence-corrected chi connectivity index (χ1v) is 6.14. The number of benzene rings is 2. The smallest absolute Gasteiger partial charge is 0.123 e. The fourth-order valence-corrected chi connectivity index (χ4v) is 2.46. The van der Waals surface area contributed by atoms with Gasteiger partial charge in [-0.3, -0.25) is 0 Å². The molecule has 17 heavy (non-hydrogen) atoms. The van der Waals surface area contributed by atoms with Crippen molar-refractivity contribution >= 4 is 11.8 Å². The molecule has 0 radical (unpaired) electrons. The van der Waals surface area contributed by atoms with Crippen molar-refractivity contribution in [3.63, 3.8) is 0 Å². The van der Waals surface area contributed by atoms with Gasteiger partial charge in [0.25, 0.3) is 0 Å². The number of hydrogen-bond acceptors (Lipinski definition) is 2. The van der Waals surface area contributed by atoms with Crippen LogP contribution in [0.15, 0.2) is 52.3 Å². The van der Waals surface area contributed by atoms with E-state index >= 15 is 0 Å². The van der Waals surface area contributed by atoms with Crippen LogP contribution in [0, 0.1) is 12.7 Å². The summed E-state index contributed by atoms with van der Waals surface area (Å²) in [6, 6.07) is 12.3. The highest BCUT2D eigenvalue weighted by Gasteiger charge is 2.01. The Bertz CT molecular complexity index is 508. The summed E-state index contributed by atoms with van der Waals surface area (Å²) in [6.07, 6.45) is 0. The van der Waals surface area contributed by atoms with Crippen LogP contribution >= 0.6 is 11.8 Å². The largest absolute Gasteiger partial charge is 0.392 e. The lowest BCUT2D eigenvalue weighted by molar-refractivity contribution is 0.281. The van der Waals surface area contributed by atoms with E-state index in [4.69, 9.17) is 5.11 Å². The van der Waals surface area contributed by atoms with E-state index in [1.807, 2.05) is 25.1 Å². The standard InChI is InChI=1S/C14H13FOS/c1-10-8-14(5-2-11(10)9-16)17-13-6-3-12(15)4-7-13/h2-8,16H,9H2,1H3. The minimum Gasteiger partial charge on any atom is -0.392 e. The van der Waals surface area contributed by atoms with Crippen molar-refractivity contribution < 1.29 is 9.50 Å². The van der Waals surface area contributed by atoms with Gasteiger partial charge in [-0.05, 0) is 54.4 Å². The van der Waals surface area contributed by atoms with Crippen LogP contribution in [0.4, 0.5) is 4.39 Å². The first kappa shape index (κ1) is 12.1. The molecule has 0 spiro atoms. The normalized spacial score (nSPS) is 10.5. The van der Waals surface area contributed by atoms with Crippen LogP contribution in [0.1, 0.15) is 11.1 Å². The van der Waals surface area contributed by atoms with Crippen molar-refractivity contribution in [2.75, 3.05) is 0 Å². The summed E-state index contributed by atoms with van der Waals surface area (Å²) in [7, 11) is 0. The molecule has 0 saturated heterocycles. The molecular weight excluding hydrogens is 235 g/mol. The zero-order valence-corrected chi connectivity index (χ0v) is 10.3. The van der Waals surface area contributed by atoms with Gasteiger partial charge in [-0.2, -0.15) is 0 Å². The molecule has 0 unspecified atom stereocenters. The highest BCUT2D eigenvalue weighted by molar-refractivity contribution is 7.99. The second kappa shape index (κ2) is 5.34. The third kappa shape index (κ3) is 3.08. The van der Waals surface area contributed by atoms with Crippen molar-refractivity contribution in [1.82, 2.24) is 0 Å². The Morgan fingerprint density at radius 2 is 1.71 bits per heavy atom. The summed E-state index contributed by atoms with van der Waals surface area (Å²) in [6.45, 7) is 2.04. The molecular formula is C14H13FOS. The molecule has 2 aromatic rings. The quantitative estimate of drug-likeness (QED) is 0.892. The van der Waals surface area contributed by atoms with E-state index in [9.17, 15) is 4.39 Å². The Kier molecular flexibility index (Phi) is 3.82. The van der Waals surface area contributed by atoms with E-state index in [2.05, 4.69) is 0 Å². The number of aliphatic hydroxyl groups is 1. The summed E-state index contributed by atoms with van der Waals surface area (Å²) in [5.74, 6) is -0.221. The predicted molar refractivity (Wildman–Crippen MR) is 67.6 cm³/mol. The van der Waals surface area contributed by atoms with Gasteiger partial charge in [0.1, 0.15) is 5.82 Å². The lowest BCUT2D eigenvalue weighted by Gasteiger charge is -2.06. The van der Waals surface area contributed by atoms with Gasteiger partial charge in [-0.25, -0.2) is 4.39 Å². The van der Waals surface area contributed by atoms with Crippen molar-refractivity contribution in [2.24, 2.45) is 0 Å². The number of hydrogen-bond donors (Lipinski definition) is 1. The van der Waals surface area contributed by atoms with E-state index in [-0.39, 0.29) is 12.4 Å². The molecule has 0 aliphatic heterocycles. The Balaban J connectivity index is 2.19. The second-order valence-electron chi connectivity index (χ2n) is 3.80. The van der Waals surface area contributed by atoms with Crippen LogP contribution in [0.3, 0.4) is 0 Å². The van der Waals surface area contributed by atoms with Crippen LogP contribution in [0.2, 0.25) is 0 Å². The number of aliphatic hydroxyl groups excluding tert-OH is 1. The van der Waals surface area contributed by atoms with E-state index in [0.717, 1.165) is 20.9 Å². The Morgan fingerprint density at radius 3 is 2.29 bits per heavy atom. The zero-order valence-electron chi connectivity index (χ0n) is 9.48. The van der Waals surface area contributed by atoms with Gasteiger partial charge < -0.3 is 5.11 Å².